The standard InChI is InChI=1S/C48H55N3O9/c1-3-23-50(47(55)36-18-17-33-11-5-6-12-34(33)27-36)44-30-42(49-59-31-32-15-19-37(20-16-32)51(56)57)40-28-35(13-7-9-24-52)39(14-8-10-25-53)45-41-29-38(54)21-22-43(41)60-48(44,46(40)45)58-26-4-2/h4-6,11-12,15-22,27-29,35,39,44-46,52-54H,2-3,7-10,13-14,23-26,30-31H2,1H3. The fourth-order valence-electron chi connectivity index (χ4n) is 9.68. The van der Waals surface area contributed by atoms with E-state index in [4.69, 9.17) is 19.5 Å². The van der Waals surface area contributed by atoms with E-state index in [9.17, 15) is 25.4 Å². The predicted molar refractivity (Wildman–Crippen MR) is 230 cm³/mol. The number of hydrogen-bond acceptors (Lipinski definition) is 10. The molecular formula is C48H55N3O9. The number of amides is 1. The van der Waals surface area contributed by atoms with Crippen molar-refractivity contribution in [3.8, 4) is 11.5 Å². The first kappa shape index (κ1) is 42.6. The first-order chi connectivity index (χ1) is 29.2. The smallest absolute Gasteiger partial charge is 0.269 e. The Balaban J connectivity index is 1.42. The van der Waals surface area contributed by atoms with Crippen molar-refractivity contribution in [3.63, 3.8) is 0 Å². The zero-order chi connectivity index (χ0) is 42.2. The van der Waals surface area contributed by atoms with Crippen molar-refractivity contribution in [1.82, 2.24) is 4.90 Å². The minimum atomic E-state index is -1.43. The number of phenols is 1. The number of nitro benzene ring substituents is 1. The Bertz CT molecular complexity index is 2220. The molecule has 4 aromatic carbocycles. The molecule has 1 saturated carbocycles. The van der Waals surface area contributed by atoms with Gasteiger partial charge in [-0.2, -0.15) is 0 Å². The van der Waals surface area contributed by atoms with Gasteiger partial charge in [-0.25, -0.2) is 0 Å². The minimum Gasteiger partial charge on any atom is -0.508 e. The molecule has 4 aromatic rings. The van der Waals surface area contributed by atoms with Crippen molar-refractivity contribution in [2.45, 2.75) is 82.6 Å². The van der Waals surface area contributed by atoms with Gasteiger partial charge in [0.25, 0.3) is 11.6 Å². The van der Waals surface area contributed by atoms with Crippen LogP contribution in [0.15, 0.2) is 114 Å². The summed E-state index contributed by atoms with van der Waals surface area (Å²) in [5.41, 5.74) is 3.55. The molecule has 12 nitrogen and oxygen atoms in total. The number of carbonyl (C=O) groups is 1. The molecule has 1 fully saturated rings. The quantitative estimate of drug-likeness (QED) is 0.0363. The molecule has 1 heterocycles. The van der Waals surface area contributed by atoms with E-state index in [2.05, 4.69) is 12.7 Å². The van der Waals surface area contributed by atoms with E-state index in [-0.39, 0.29) is 67.9 Å². The highest BCUT2D eigenvalue weighted by Gasteiger charge is 2.65. The summed E-state index contributed by atoms with van der Waals surface area (Å²) in [5, 5.41) is 48.9. The van der Waals surface area contributed by atoms with Gasteiger partial charge < -0.3 is 34.5 Å². The molecule has 2 aliphatic carbocycles. The van der Waals surface area contributed by atoms with E-state index in [1.807, 2.05) is 54.3 Å². The van der Waals surface area contributed by atoms with Crippen LogP contribution in [0.2, 0.25) is 0 Å². The second kappa shape index (κ2) is 19.2. The fraction of sp³-hybridized carbons (Fsp3) is 0.417. The number of hydrogen-bond donors (Lipinski definition) is 3. The van der Waals surface area contributed by atoms with Gasteiger partial charge in [0.15, 0.2) is 0 Å². The Morgan fingerprint density at radius 1 is 1.00 bits per heavy atom. The lowest BCUT2D eigenvalue weighted by atomic mass is 9.55. The van der Waals surface area contributed by atoms with Crippen molar-refractivity contribution in [2.24, 2.45) is 22.9 Å². The van der Waals surface area contributed by atoms with E-state index in [1.54, 1.807) is 36.4 Å². The lowest BCUT2D eigenvalue weighted by Gasteiger charge is -2.60. The van der Waals surface area contributed by atoms with E-state index in [0.717, 1.165) is 47.6 Å². The molecule has 6 atom stereocenters. The van der Waals surface area contributed by atoms with E-state index in [1.165, 1.54) is 12.1 Å². The number of benzene rings is 4. The summed E-state index contributed by atoms with van der Waals surface area (Å²) in [5.74, 6) is -1.70. The van der Waals surface area contributed by atoms with Crippen LogP contribution < -0.4 is 4.74 Å². The molecule has 0 saturated heterocycles. The number of unbranched alkanes of at least 4 members (excludes halogenated alkanes) is 2. The second-order valence-electron chi connectivity index (χ2n) is 16.1. The van der Waals surface area contributed by atoms with E-state index in [0.29, 0.717) is 48.4 Å². The number of fused-ring (bicyclic) bond motifs is 3. The number of aromatic hydroxyl groups is 1. The minimum absolute atomic E-state index is 0.0111. The number of aliphatic hydroxyl groups excluding tert-OH is 2. The van der Waals surface area contributed by atoms with Crippen LogP contribution in [0.25, 0.3) is 10.8 Å². The lowest BCUT2D eigenvalue weighted by Crippen LogP contribution is -2.70. The average Bonchev–Trinajstić information content (AvgIpc) is 3.26. The van der Waals surface area contributed by atoms with Crippen LogP contribution in [0.1, 0.15) is 85.7 Å². The molecule has 60 heavy (non-hydrogen) atoms. The van der Waals surface area contributed by atoms with E-state index >= 15 is 4.79 Å². The first-order valence-electron chi connectivity index (χ1n) is 21.1. The number of aliphatic hydroxyl groups is 2. The Labute approximate surface area is 350 Å². The lowest BCUT2D eigenvalue weighted by molar-refractivity contribution is -0.384. The molecule has 7 rings (SSSR count). The third kappa shape index (κ3) is 8.68. The molecule has 1 amide bonds. The van der Waals surface area contributed by atoms with Crippen LogP contribution in [0, 0.1) is 27.9 Å². The molecule has 6 unspecified atom stereocenters. The van der Waals surface area contributed by atoms with Crippen molar-refractivity contribution in [2.75, 3.05) is 26.4 Å². The summed E-state index contributed by atoms with van der Waals surface area (Å²) in [6.45, 7) is 6.76. The van der Waals surface area contributed by atoms with Gasteiger partial charge in [0, 0.05) is 55.4 Å². The zero-order valence-corrected chi connectivity index (χ0v) is 34.2. The summed E-state index contributed by atoms with van der Waals surface area (Å²) >= 11 is 0. The number of carbonyl (C=O) groups excluding carboxylic acids is 1. The zero-order valence-electron chi connectivity index (χ0n) is 34.2. The second-order valence-corrected chi connectivity index (χ2v) is 16.1. The Morgan fingerprint density at radius 2 is 1.75 bits per heavy atom. The maximum atomic E-state index is 15.1. The fourth-order valence-corrected chi connectivity index (χ4v) is 9.68. The molecular weight excluding hydrogens is 763 g/mol. The SMILES string of the molecule is C=CCOC12Oc3ccc(O)cc3C3C(CCCCO)C(CCCCO)C=C(C(=NOCc4ccc([N+](=O)[O-])cc4)CC1N(CCC)C(=O)c1ccc4ccccc4c1)C32. The maximum absolute atomic E-state index is 15.1. The van der Waals surface area contributed by atoms with Crippen molar-refractivity contribution in [1.29, 1.82) is 0 Å². The van der Waals surface area contributed by atoms with Crippen LogP contribution in [0.4, 0.5) is 5.69 Å². The monoisotopic (exact) mass is 817 g/mol. The van der Waals surface area contributed by atoms with Gasteiger partial charge in [0.05, 0.1) is 23.2 Å². The average molecular weight is 818 g/mol. The number of phenolic OH excluding ortho intramolecular Hbond substituents is 1. The summed E-state index contributed by atoms with van der Waals surface area (Å²) < 4.78 is 14.3. The van der Waals surface area contributed by atoms with Crippen molar-refractivity contribution in [3.05, 3.63) is 136 Å². The highest BCUT2D eigenvalue weighted by atomic mass is 16.7. The Hall–Kier alpha value is -5.56. The molecule has 0 aromatic heterocycles. The first-order valence-corrected chi connectivity index (χ1v) is 21.1. The number of ether oxygens (including phenoxy) is 2. The summed E-state index contributed by atoms with van der Waals surface area (Å²) in [7, 11) is 0. The van der Waals surface area contributed by atoms with E-state index < -0.39 is 22.7 Å². The Morgan fingerprint density at radius 3 is 2.47 bits per heavy atom. The highest BCUT2D eigenvalue weighted by molar-refractivity contribution is 6.04. The number of non-ortho nitro benzene ring substituents is 1. The predicted octanol–water partition coefficient (Wildman–Crippen LogP) is 8.84. The molecule has 3 N–H and O–H groups in total. The van der Waals surface area contributed by atoms with Crippen molar-refractivity contribution < 1.29 is 39.3 Å². The molecule has 0 radical (unpaired) electrons. The van der Waals surface area contributed by atoms with Gasteiger partial charge in [0.2, 0.25) is 5.79 Å². The maximum Gasteiger partial charge on any atom is 0.269 e. The van der Waals surface area contributed by atoms with Gasteiger partial charge in [0.1, 0.15) is 24.1 Å². The van der Waals surface area contributed by atoms with Crippen molar-refractivity contribution >= 4 is 28.1 Å². The largest absolute Gasteiger partial charge is 0.508 e. The van der Waals surface area contributed by atoms with Gasteiger partial charge in [-0.3, -0.25) is 14.9 Å². The number of oxime groups is 1. The number of nitro groups is 1. The van der Waals surface area contributed by atoms with Crippen LogP contribution in [-0.2, 0) is 16.2 Å². The highest BCUT2D eigenvalue weighted by Crippen LogP contribution is 2.62. The molecule has 0 bridgehead atoms. The summed E-state index contributed by atoms with van der Waals surface area (Å²) in [6.07, 6.45) is 9.21. The van der Waals surface area contributed by atoms with Crippen LogP contribution in [-0.4, -0.2) is 75.0 Å². The normalized spacial score (nSPS) is 23.6. The summed E-state index contributed by atoms with van der Waals surface area (Å²) in [4.78, 5) is 34.0. The van der Waals surface area contributed by atoms with Crippen LogP contribution >= 0.6 is 0 Å². The third-order valence-corrected chi connectivity index (χ3v) is 12.3. The molecule has 12 heteroatoms. The topological polar surface area (TPSA) is 164 Å². The molecule has 316 valence electrons. The number of rotatable bonds is 19. The van der Waals surface area contributed by atoms with Gasteiger partial charge in [-0.15, -0.1) is 6.58 Å². The summed E-state index contributed by atoms with van der Waals surface area (Å²) in [6, 6.07) is 24.3. The van der Waals surface area contributed by atoms with Crippen LogP contribution in [0.3, 0.4) is 0 Å². The van der Waals surface area contributed by atoms with Crippen LogP contribution in [0.5, 0.6) is 11.5 Å². The third-order valence-electron chi connectivity index (χ3n) is 12.3. The molecule has 1 aliphatic heterocycles. The van der Waals surface area contributed by atoms with Gasteiger partial charge in [-0.05, 0) is 108 Å². The molecule has 3 aliphatic rings. The Kier molecular flexibility index (Phi) is 13.6. The number of allylic oxidation sites excluding steroid dienone is 1. The number of nitrogens with zero attached hydrogens (tertiary/aromatic N) is 3. The van der Waals surface area contributed by atoms with Gasteiger partial charge >= 0.3 is 0 Å². The molecule has 0 spiro atoms. The van der Waals surface area contributed by atoms with Gasteiger partial charge in [-0.1, -0.05) is 67.4 Å².